The van der Waals surface area contributed by atoms with E-state index in [9.17, 15) is 0 Å². The number of rotatable bonds is 5. The molecule has 110 valence electrons. The molecule has 2 aliphatic heterocycles. The number of hydrogen-bond acceptors (Lipinski definition) is 5. The summed E-state index contributed by atoms with van der Waals surface area (Å²) >= 11 is 0. The second kappa shape index (κ2) is 5.50. The number of methoxy groups -OCH3 is 1. The quantitative estimate of drug-likeness (QED) is 0.894. The zero-order chi connectivity index (χ0) is 14.0. The SMILES string of the molecule is COc1cc(CNCC2(C)CCCO2)cc2c1OCO2. The maximum atomic E-state index is 5.77. The van der Waals surface area contributed by atoms with E-state index in [0.717, 1.165) is 49.6 Å². The Labute approximate surface area is 119 Å². The van der Waals surface area contributed by atoms with Crippen LogP contribution in [0.5, 0.6) is 17.2 Å². The van der Waals surface area contributed by atoms with Crippen LogP contribution in [0.4, 0.5) is 0 Å². The summed E-state index contributed by atoms with van der Waals surface area (Å²) in [5.41, 5.74) is 1.09. The first-order valence-electron chi connectivity index (χ1n) is 7.01. The smallest absolute Gasteiger partial charge is 0.231 e. The lowest BCUT2D eigenvalue weighted by Crippen LogP contribution is -2.36. The molecule has 1 saturated heterocycles. The summed E-state index contributed by atoms with van der Waals surface area (Å²) in [5, 5.41) is 3.45. The van der Waals surface area contributed by atoms with E-state index in [-0.39, 0.29) is 12.4 Å². The maximum absolute atomic E-state index is 5.77. The molecule has 0 aromatic heterocycles. The summed E-state index contributed by atoms with van der Waals surface area (Å²) in [6, 6.07) is 3.98. The average Bonchev–Trinajstić information content (AvgIpc) is 3.07. The van der Waals surface area contributed by atoms with Crippen molar-refractivity contribution in [2.75, 3.05) is 27.1 Å². The third-order valence-corrected chi connectivity index (χ3v) is 3.85. The van der Waals surface area contributed by atoms with Crippen LogP contribution >= 0.6 is 0 Å². The van der Waals surface area contributed by atoms with E-state index in [4.69, 9.17) is 18.9 Å². The zero-order valence-corrected chi connectivity index (χ0v) is 12.0. The minimum absolute atomic E-state index is 0.0274. The van der Waals surface area contributed by atoms with Crippen molar-refractivity contribution < 1.29 is 18.9 Å². The van der Waals surface area contributed by atoms with Crippen LogP contribution < -0.4 is 19.5 Å². The Morgan fingerprint density at radius 2 is 2.25 bits per heavy atom. The molecule has 0 bridgehead atoms. The van der Waals surface area contributed by atoms with E-state index < -0.39 is 0 Å². The lowest BCUT2D eigenvalue weighted by atomic mass is 10.0. The molecule has 0 radical (unpaired) electrons. The van der Waals surface area contributed by atoms with Gasteiger partial charge in [0.2, 0.25) is 12.5 Å². The van der Waals surface area contributed by atoms with Crippen LogP contribution in [0, 0.1) is 0 Å². The standard InChI is InChI=1S/C15H21NO4/c1-15(4-3-5-20-15)9-16-8-11-6-12(17-2)14-13(7-11)18-10-19-14/h6-7,16H,3-5,8-10H2,1-2H3. The van der Waals surface area contributed by atoms with Gasteiger partial charge in [0.25, 0.3) is 0 Å². The molecule has 5 nitrogen and oxygen atoms in total. The Morgan fingerprint density at radius 1 is 1.35 bits per heavy atom. The lowest BCUT2D eigenvalue weighted by molar-refractivity contribution is 0.0207. The van der Waals surface area contributed by atoms with Gasteiger partial charge in [-0.05, 0) is 37.5 Å². The Balaban J connectivity index is 1.63. The minimum atomic E-state index is -0.0274. The lowest BCUT2D eigenvalue weighted by Gasteiger charge is -2.23. The van der Waals surface area contributed by atoms with Gasteiger partial charge in [-0.25, -0.2) is 0 Å². The third kappa shape index (κ3) is 2.69. The fourth-order valence-corrected chi connectivity index (χ4v) is 2.73. The number of hydrogen-bond donors (Lipinski definition) is 1. The second-order valence-electron chi connectivity index (χ2n) is 5.54. The van der Waals surface area contributed by atoms with E-state index in [1.165, 1.54) is 0 Å². The average molecular weight is 279 g/mol. The van der Waals surface area contributed by atoms with Gasteiger partial charge < -0.3 is 24.3 Å². The molecular formula is C15H21NO4. The predicted molar refractivity (Wildman–Crippen MR) is 74.4 cm³/mol. The highest BCUT2D eigenvalue weighted by Crippen LogP contribution is 2.41. The van der Waals surface area contributed by atoms with Gasteiger partial charge >= 0.3 is 0 Å². The molecule has 0 aliphatic carbocycles. The molecule has 1 fully saturated rings. The van der Waals surface area contributed by atoms with Gasteiger partial charge in [-0.1, -0.05) is 0 Å². The summed E-state index contributed by atoms with van der Waals surface area (Å²) in [6.07, 6.45) is 2.26. The highest BCUT2D eigenvalue weighted by atomic mass is 16.7. The molecule has 20 heavy (non-hydrogen) atoms. The van der Waals surface area contributed by atoms with Crippen molar-refractivity contribution in [3.05, 3.63) is 17.7 Å². The summed E-state index contributed by atoms with van der Waals surface area (Å²) in [6.45, 7) is 4.90. The normalized spacial score (nSPS) is 24.1. The molecule has 0 spiro atoms. The Kier molecular flexibility index (Phi) is 3.72. The van der Waals surface area contributed by atoms with E-state index in [1.807, 2.05) is 12.1 Å². The Hall–Kier alpha value is -1.46. The van der Waals surface area contributed by atoms with Gasteiger partial charge in [0, 0.05) is 19.7 Å². The number of benzene rings is 1. The second-order valence-corrected chi connectivity index (χ2v) is 5.54. The van der Waals surface area contributed by atoms with Crippen molar-refractivity contribution in [2.24, 2.45) is 0 Å². The summed E-state index contributed by atoms with van der Waals surface area (Å²) in [5.74, 6) is 2.17. The highest BCUT2D eigenvalue weighted by Gasteiger charge is 2.29. The van der Waals surface area contributed by atoms with Crippen molar-refractivity contribution >= 4 is 0 Å². The monoisotopic (exact) mass is 279 g/mol. The van der Waals surface area contributed by atoms with E-state index in [2.05, 4.69) is 12.2 Å². The Morgan fingerprint density at radius 3 is 3.00 bits per heavy atom. The molecule has 1 aromatic rings. The van der Waals surface area contributed by atoms with Gasteiger partial charge in [-0.3, -0.25) is 0 Å². The topological polar surface area (TPSA) is 49.0 Å². The fourth-order valence-electron chi connectivity index (χ4n) is 2.73. The molecule has 2 heterocycles. The van der Waals surface area contributed by atoms with Crippen LogP contribution in [0.2, 0.25) is 0 Å². The van der Waals surface area contributed by atoms with Crippen LogP contribution in [-0.4, -0.2) is 32.7 Å². The molecule has 1 unspecified atom stereocenters. The number of ether oxygens (including phenoxy) is 4. The molecule has 1 aromatic carbocycles. The van der Waals surface area contributed by atoms with Gasteiger partial charge in [-0.15, -0.1) is 0 Å². The zero-order valence-electron chi connectivity index (χ0n) is 12.0. The van der Waals surface area contributed by atoms with E-state index >= 15 is 0 Å². The summed E-state index contributed by atoms with van der Waals surface area (Å²) in [7, 11) is 1.64. The van der Waals surface area contributed by atoms with Crippen LogP contribution in [0.15, 0.2) is 12.1 Å². The van der Waals surface area contributed by atoms with Crippen LogP contribution in [0.25, 0.3) is 0 Å². The van der Waals surface area contributed by atoms with Crippen molar-refractivity contribution in [3.63, 3.8) is 0 Å². The molecule has 1 atom stereocenters. The van der Waals surface area contributed by atoms with Crippen LogP contribution in [0.1, 0.15) is 25.3 Å². The first kappa shape index (κ1) is 13.5. The first-order valence-corrected chi connectivity index (χ1v) is 7.01. The molecule has 2 aliphatic rings. The van der Waals surface area contributed by atoms with Crippen molar-refractivity contribution in [1.29, 1.82) is 0 Å². The summed E-state index contributed by atoms with van der Waals surface area (Å²) in [4.78, 5) is 0. The molecule has 0 amide bonds. The van der Waals surface area contributed by atoms with Gasteiger partial charge in [0.15, 0.2) is 11.5 Å². The van der Waals surface area contributed by atoms with E-state index in [0.29, 0.717) is 5.75 Å². The molecule has 1 N–H and O–H groups in total. The largest absolute Gasteiger partial charge is 0.493 e. The van der Waals surface area contributed by atoms with Crippen molar-refractivity contribution in [2.45, 2.75) is 31.9 Å². The van der Waals surface area contributed by atoms with Crippen LogP contribution in [0.3, 0.4) is 0 Å². The van der Waals surface area contributed by atoms with Crippen molar-refractivity contribution in [1.82, 2.24) is 5.32 Å². The Bertz CT molecular complexity index is 483. The fraction of sp³-hybridized carbons (Fsp3) is 0.600. The summed E-state index contributed by atoms with van der Waals surface area (Å²) < 4.78 is 21.9. The number of nitrogens with one attached hydrogen (secondary N) is 1. The van der Waals surface area contributed by atoms with Crippen LogP contribution in [-0.2, 0) is 11.3 Å². The maximum Gasteiger partial charge on any atom is 0.231 e. The molecular weight excluding hydrogens is 258 g/mol. The van der Waals surface area contributed by atoms with Gasteiger partial charge in [0.1, 0.15) is 0 Å². The minimum Gasteiger partial charge on any atom is -0.493 e. The third-order valence-electron chi connectivity index (χ3n) is 3.85. The van der Waals surface area contributed by atoms with E-state index in [1.54, 1.807) is 7.11 Å². The number of fused-ring (bicyclic) bond motifs is 1. The van der Waals surface area contributed by atoms with Gasteiger partial charge in [0.05, 0.1) is 12.7 Å². The van der Waals surface area contributed by atoms with Gasteiger partial charge in [-0.2, -0.15) is 0 Å². The molecule has 5 heteroatoms. The van der Waals surface area contributed by atoms with Crippen molar-refractivity contribution in [3.8, 4) is 17.2 Å². The predicted octanol–water partition coefficient (Wildman–Crippen LogP) is 2.08. The highest BCUT2D eigenvalue weighted by molar-refractivity contribution is 5.55. The molecule has 3 rings (SSSR count). The molecule has 0 saturated carbocycles. The first-order chi connectivity index (χ1) is 9.70.